The van der Waals surface area contributed by atoms with Crippen molar-refractivity contribution >= 4 is 10.1 Å². The fourth-order valence-corrected chi connectivity index (χ4v) is 0.425. The first-order valence-electron chi connectivity index (χ1n) is 1.90. The Hall–Kier alpha value is 0.560. The summed E-state index contributed by atoms with van der Waals surface area (Å²) in [7, 11) is -6.67. The molecule has 0 saturated heterocycles. The van der Waals surface area contributed by atoms with Crippen LogP contribution in [-0.4, -0.2) is 24.4 Å². The molecule has 3 nitrogen and oxygen atoms in total. The summed E-state index contributed by atoms with van der Waals surface area (Å²) in [6.45, 7) is 0. The second kappa shape index (κ2) is 3.74. The van der Waals surface area contributed by atoms with E-state index in [0.717, 1.165) is 0 Å². The average Bonchev–Trinajstić information content (AvgIpc) is 1.58. The van der Waals surface area contributed by atoms with Crippen molar-refractivity contribution in [3.05, 3.63) is 0 Å². The van der Waals surface area contributed by atoms with Gasteiger partial charge >= 0.3 is 41.0 Å². The molecule has 0 aromatic heterocycles. The SMILES string of the molecule is O=S(=O)([O-])C(F)(F)C(F)(F)F.[Na+]. The van der Waals surface area contributed by atoms with Crippen molar-refractivity contribution in [2.45, 2.75) is 11.4 Å². The maximum Gasteiger partial charge on any atom is 1.00 e. The van der Waals surface area contributed by atoms with Crippen LogP contribution < -0.4 is 29.6 Å². The van der Waals surface area contributed by atoms with Crippen molar-refractivity contribution < 1.29 is 64.5 Å². The summed E-state index contributed by atoms with van der Waals surface area (Å²) in [6, 6.07) is 0. The molecule has 0 aliphatic carbocycles. The van der Waals surface area contributed by atoms with Crippen LogP contribution in [0, 0.1) is 0 Å². The van der Waals surface area contributed by atoms with Gasteiger partial charge in [-0.2, -0.15) is 22.0 Å². The zero-order chi connectivity index (χ0) is 9.50. The number of rotatable bonds is 1. The third-order valence-corrected chi connectivity index (χ3v) is 1.50. The first kappa shape index (κ1) is 15.1. The van der Waals surface area contributed by atoms with E-state index in [-0.39, 0.29) is 29.6 Å². The van der Waals surface area contributed by atoms with Gasteiger partial charge in [0.1, 0.15) is 0 Å². The fraction of sp³-hybridized carbons (Fsp3) is 1.00. The molecule has 0 bridgehead atoms. The number of halogens is 5. The molecule has 0 atom stereocenters. The van der Waals surface area contributed by atoms with Crippen LogP contribution in [0.1, 0.15) is 0 Å². The molecule has 0 unspecified atom stereocenters. The molecule has 0 aromatic carbocycles. The van der Waals surface area contributed by atoms with Gasteiger partial charge in [-0.05, 0) is 0 Å². The van der Waals surface area contributed by atoms with Crippen molar-refractivity contribution in [3.8, 4) is 0 Å². The minimum absolute atomic E-state index is 0. The van der Waals surface area contributed by atoms with Gasteiger partial charge in [0.15, 0.2) is 10.1 Å². The average molecular weight is 222 g/mol. The summed E-state index contributed by atoms with van der Waals surface area (Å²) in [5.74, 6) is 0. The van der Waals surface area contributed by atoms with Gasteiger partial charge in [0.25, 0.3) is 0 Å². The molecule has 0 radical (unpaired) electrons. The van der Waals surface area contributed by atoms with Gasteiger partial charge in [-0.1, -0.05) is 0 Å². The normalized spacial score (nSPS) is 13.8. The summed E-state index contributed by atoms with van der Waals surface area (Å²) in [5.41, 5.74) is 0. The first-order chi connectivity index (χ1) is 4.50. The monoisotopic (exact) mass is 222 g/mol. The Kier molecular flexibility index (Phi) is 4.69. The smallest absolute Gasteiger partial charge is 0.743 e. The summed E-state index contributed by atoms with van der Waals surface area (Å²) in [6.07, 6.45) is -6.35. The Balaban J connectivity index is 0. The molecule has 0 spiro atoms. The largest absolute Gasteiger partial charge is 1.00 e. The number of alkyl halides is 5. The third kappa shape index (κ3) is 2.80. The molecule has 68 valence electrons. The van der Waals surface area contributed by atoms with Gasteiger partial charge in [0.05, 0.1) is 0 Å². The Labute approximate surface area is 86.0 Å². The van der Waals surface area contributed by atoms with Crippen LogP contribution in [0.5, 0.6) is 0 Å². The predicted octanol–water partition coefficient (Wildman–Crippen LogP) is -2.31. The fourth-order valence-electron chi connectivity index (χ4n) is 0.142. The van der Waals surface area contributed by atoms with Gasteiger partial charge in [-0.25, -0.2) is 8.42 Å². The van der Waals surface area contributed by atoms with Gasteiger partial charge in [0, 0.05) is 0 Å². The molecular formula is C2F5NaO3S. The maximum atomic E-state index is 11.4. The Bertz CT molecular complexity index is 242. The predicted molar refractivity (Wildman–Crippen MR) is 20.7 cm³/mol. The van der Waals surface area contributed by atoms with Crippen LogP contribution in [0.2, 0.25) is 0 Å². The second-order valence-corrected chi connectivity index (χ2v) is 2.89. The molecule has 0 saturated carbocycles. The Morgan fingerprint density at radius 1 is 1.00 bits per heavy atom. The molecule has 12 heavy (non-hydrogen) atoms. The van der Waals surface area contributed by atoms with Crippen LogP contribution >= 0.6 is 0 Å². The summed E-state index contributed by atoms with van der Waals surface area (Å²) >= 11 is 0. The molecule has 10 heteroatoms. The standard InChI is InChI=1S/C2HF5O3S.Na/c3-1(4,5)2(6,7)11(8,9)10;/h(H,8,9,10);/q;+1/p-1. The van der Waals surface area contributed by atoms with Gasteiger partial charge in [-0.15, -0.1) is 0 Å². The van der Waals surface area contributed by atoms with Crippen LogP contribution in [-0.2, 0) is 10.1 Å². The zero-order valence-electron chi connectivity index (χ0n) is 5.52. The van der Waals surface area contributed by atoms with E-state index in [4.69, 9.17) is 0 Å². The van der Waals surface area contributed by atoms with Crippen molar-refractivity contribution in [3.63, 3.8) is 0 Å². The molecular weight excluding hydrogens is 222 g/mol. The van der Waals surface area contributed by atoms with E-state index in [1.165, 1.54) is 0 Å². The molecule has 0 aliphatic rings. The van der Waals surface area contributed by atoms with E-state index < -0.39 is 21.5 Å². The van der Waals surface area contributed by atoms with Crippen LogP contribution in [0.25, 0.3) is 0 Å². The van der Waals surface area contributed by atoms with Crippen molar-refractivity contribution in [1.29, 1.82) is 0 Å². The maximum absolute atomic E-state index is 11.4. The summed E-state index contributed by atoms with van der Waals surface area (Å²) in [4.78, 5) is 0. The van der Waals surface area contributed by atoms with Gasteiger partial charge in [0.2, 0.25) is 0 Å². The quantitative estimate of drug-likeness (QED) is 0.284. The second-order valence-electron chi connectivity index (χ2n) is 1.47. The topological polar surface area (TPSA) is 57.2 Å². The van der Waals surface area contributed by atoms with Gasteiger partial charge < -0.3 is 4.55 Å². The van der Waals surface area contributed by atoms with Crippen LogP contribution in [0.15, 0.2) is 0 Å². The Morgan fingerprint density at radius 2 is 1.25 bits per heavy atom. The first-order valence-corrected chi connectivity index (χ1v) is 3.31. The van der Waals surface area contributed by atoms with Crippen molar-refractivity contribution in [1.82, 2.24) is 0 Å². The molecule has 0 N–H and O–H groups in total. The van der Waals surface area contributed by atoms with E-state index in [9.17, 15) is 34.9 Å². The van der Waals surface area contributed by atoms with Crippen molar-refractivity contribution in [2.75, 3.05) is 0 Å². The van der Waals surface area contributed by atoms with E-state index >= 15 is 0 Å². The van der Waals surface area contributed by atoms with Crippen molar-refractivity contribution in [2.24, 2.45) is 0 Å². The minimum Gasteiger partial charge on any atom is -0.743 e. The summed E-state index contributed by atoms with van der Waals surface area (Å²) in [5, 5.41) is -6.21. The third-order valence-electron chi connectivity index (χ3n) is 0.644. The molecule has 0 aromatic rings. The van der Waals surface area contributed by atoms with E-state index in [1.54, 1.807) is 0 Å². The van der Waals surface area contributed by atoms with E-state index in [1.807, 2.05) is 0 Å². The van der Waals surface area contributed by atoms with E-state index in [2.05, 4.69) is 0 Å². The minimum atomic E-state index is -6.67. The number of hydrogen-bond donors (Lipinski definition) is 0. The van der Waals surface area contributed by atoms with Crippen LogP contribution in [0.3, 0.4) is 0 Å². The zero-order valence-corrected chi connectivity index (χ0v) is 8.34. The number of hydrogen-bond acceptors (Lipinski definition) is 3. The summed E-state index contributed by atoms with van der Waals surface area (Å²) < 4.78 is 83.6. The Morgan fingerprint density at radius 3 is 1.25 bits per heavy atom. The van der Waals surface area contributed by atoms with E-state index in [0.29, 0.717) is 0 Å². The molecule has 0 rings (SSSR count). The van der Waals surface area contributed by atoms with Crippen LogP contribution in [0.4, 0.5) is 22.0 Å². The molecule has 0 amide bonds. The molecule has 0 fully saturated rings. The molecule has 0 heterocycles. The van der Waals surface area contributed by atoms with Gasteiger partial charge in [-0.3, -0.25) is 0 Å². The molecule has 0 aliphatic heterocycles.